The number of anilines is 1. The average Bonchev–Trinajstić information content (AvgIpc) is 3.66. The number of ether oxygens (including phenoxy) is 3. The molecular formula is C26H25F6N7O6. The van der Waals surface area contributed by atoms with Crippen molar-refractivity contribution in [3.05, 3.63) is 24.7 Å². The number of rotatable bonds is 7. The number of halogens is 6. The van der Waals surface area contributed by atoms with Gasteiger partial charge in [-0.05, 0) is 32.3 Å². The van der Waals surface area contributed by atoms with E-state index in [0.717, 1.165) is 43.9 Å². The third-order valence-electron chi connectivity index (χ3n) is 7.30. The molecule has 1 unspecified atom stereocenters. The smallest absolute Gasteiger partial charge is 0.491 e. The summed E-state index contributed by atoms with van der Waals surface area (Å²) >= 11 is 0. The number of aromatic amines is 1. The Morgan fingerprint density at radius 1 is 1.07 bits per heavy atom. The number of H-pyrrole nitrogens is 1. The van der Waals surface area contributed by atoms with Crippen molar-refractivity contribution >= 4 is 17.9 Å². The van der Waals surface area contributed by atoms with E-state index >= 15 is 0 Å². The lowest BCUT2D eigenvalue weighted by Gasteiger charge is -2.37. The largest absolute Gasteiger partial charge is 0.507 e. The molecule has 2 aliphatic rings. The van der Waals surface area contributed by atoms with Crippen LogP contribution in [0.3, 0.4) is 0 Å². The number of esters is 2. The van der Waals surface area contributed by atoms with Crippen LogP contribution in [0.15, 0.2) is 24.7 Å². The van der Waals surface area contributed by atoms with Crippen LogP contribution in [0, 0.1) is 0 Å². The molecule has 242 valence electrons. The van der Waals surface area contributed by atoms with E-state index in [0.29, 0.717) is 26.3 Å². The minimum absolute atomic E-state index is 0.0788. The topological polar surface area (TPSA) is 165 Å². The summed E-state index contributed by atoms with van der Waals surface area (Å²) in [5.41, 5.74) is -2.17. The van der Waals surface area contributed by atoms with Crippen LogP contribution in [0.2, 0.25) is 0 Å². The van der Waals surface area contributed by atoms with E-state index in [1.165, 1.54) is 0 Å². The van der Waals surface area contributed by atoms with E-state index in [9.17, 15) is 41.0 Å². The van der Waals surface area contributed by atoms with Crippen LogP contribution in [0.1, 0.15) is 26.2 Å². The lowest BCUT2D eigenvalue weighted by atomic mass is 9.91. The Labute approximate surface area is 249 Å². The number of aromatic nitrogens is 5. The van der Waals surface area contributed by atoms with Gasteiger partial charge >= 0.3 is 24.3 Å². The van der Waals surface area contributed by atoms with Gasteiger partial charge in [0.25, 0.3) is 0 Å². The molecule has 3 N–H and O–H groups in total. The summed E-state index contributed by atoms with van der Waals surface area (Å²) in [6, 6.07) is 0.850. The van der Waals surface area contributed by atoms with Crippen LogP contribution < -0.4 is 19.7 Å². The zero-order valence-electron chi connectivity index (χ0n) is 23.3. The van der Waals surface area contributed by atoms with Crippen LogP contribution in [0.25, 0.3) is 22.4 Å². The predicted molar refractivity (Wildman–Crippen MR) is 140 cm³/mol. The third-order valence-corrected chi connectivity index (χ3v) is 7.30. The number of phenols is 1. The number of carbonyl (C=O) groups is 2. The quantitative estimate of drug-likeness (QED) is 0.195. The Morgan fingerprint density at radius 3 is 2.31 bits per heavy atom. The van der Waals surface area contributed by atoms with Gasteiger partial charge in [0.05, 0.1) is 18.0 Å². The molecule has 2 fully saturated rings. The minimum Gasteiger partial charge on any atom is -0.507 e. The van der Waals surface area contributed by atoms with Gasteiger partial charge in [-0.15, -0.1) is 10.2 Å². The first-order valence-electron chi connectivity index (χ1n) is 13.4. The highest BCUT2D eigenvalue weighted by molar-refractivity contribution is 5.92. The molecular weight excluding hydrogens is 620 g/mol. The molecule has 0 amide bonds. The number of nitrogens with one attached hydrogen (secondary N) is 2. The molecule has 2 aliphatic heterocycles. The molecule has 2 aromatic heterocycles. The summed E-state index contributed by atoms with van der Waals surface area (Å²) < 4.78 is 93.6. The maximum Gasteiger partial charge on any atom is 0.491 e. The Kier molecular flexibility index (Phi) is 8.58. The molecule has 1 aromatic carbocycles. The van der Waals surface area contributed by atoms with Crippen molar-refractivity contribution in [3.8, 4) is 39.6 Å². The highest BCUT2D eigenvalue weighted by Gasteiger charge is 2.45. The summed E-state index contributed by atoms with van der Waals surface area (Å²) in [6.45, 7) is 4.41. The van der Waals surface area contributed by atoms with E-state index in [1.54, 1.807) is 4.90 Å². The van der Waals surface area contributed by atoms with Gasteiger partial charge in [0.15, 0.2) is 11.5 Å². The van der Waals surface area contributed by atoms with Crippen molar-refractivity contribution in [1.82, 2.24) is 30.7 Å². The van der Waals surface area contributed by atoms with E-state index < -0.39 is 58.4 Å². The number of hydrogen-bond acceptors (Lipinski definition) is 12. The SMILES string of the molecule is CC1(NC2CCN(c3ncc(-c4c(O)cc(-c5cn[nH]c5)c(OC(=O)C(F)(F)F)c4OC(=O)C(F)(F)F)nn3)C2)CCOCC1. The highest BCUT2D eigenvalue weighted by Crippen LogP contribution is 2.50. The number of phenolic OH excluding ortho intramolecular Hbond substituents is 1. The Balaban J connectivity index is 1.51. The molecule has 4 heterocycles. The number of benzene rings is 1. The molecule has 1 atom stereocenters. The first-order chi connectivity index (χ1) is 21.1. The third kappa shape index (κ3) is 7.08. The van der Waals surface area contributed by atoms with Gasteiger partial charge in [-0.25, -0.2) is 14.6 Å². The Hall–Kier alpha value is -4.52. The van der Waals surface area contributed by atoms with Gasteiger partial charge in [0, 0.05) is 55.2 Å². The monoisotopic (exact) mass is 645 g/mol. The van der Waals surface area contributed by atoms with Crippen molar-refractivity contribution in [2.45, 2.75) is 50.1 Å². The maximum absolute atomic E-state index is 13.3. The standard InChI is InChI=1S/C26H25F6N7O6/c1-24(3-6-43-7-4-24)36-14-2-5-39(12-14)23-33-11-16(37-38-23)18-17(40)8-15(13-9-34-35-10-13)19(44-21(41)25(27,28)29)20(18)45-22(42)26(30,31)32/h8-11,14,36,40H,2-7,12H2,1H3,(H,34,35). The average molecular weight is 646 g/mol. The number of hydrogen-bond donors (Lipinski definition) is 3. The van der Waals surface area contributed by atoms with Crippen molar-refractivity contribution in [2.75, 3.05) is 31.2 Å². The van der Waals surface area contributed by atoms with E-state index in [4.69, 9.17) is 4.74 Å². The fourth-order valence-electron chi connectivity index (χ4n) is 5.03. The zero-order valence-corrected chi connectivity index (χ0v) is 23.3. The highest BCUT2D eigenvalue weighted by atomic mass is 19.4. The number of nitrogens with zero attached hydrogens (tertiary/aromatic N) is 5. The second-order valence-corrected chi connectivity index (χ2v) is 10.6. The second-order valence-electron chi connectivity index (χ2n) is 10.6. The number of alkyl halides is 6. The van der Waals surface area contributed by atoms with Crippen molar-refractivity contribution in [1.29, 1.82) is 0 Å². The second kappa shape index (κ2) is 12.1. The van der Waals surface area contributed by atoms with Gasteiger partial charge in [0.1, 0.15) is 11.4 Å². The fourth-order valence-corrected chi connectivity index (χ4v) is 5.03. The first kappa shape index (κ1) is 31.9. The van der Waals surface area contributed by atoms with Crippen molar-refractivity contribution in [3.63, 3.8) is 0 Å². The lowest BCUT2D eigenvalue weighted by molar-refractivity contribution is -0.191. The van der Waals surface area contributed by atoms with Crippen LogP contribution in [-0.4, -0.2) is 92.7 Å². The molecule has 2 saturated heterocycles. The van der Waals surface area contributed by atoms with Gasteiger partial charge in [0.2, 0.25) is 5.95 Å². The number of carbonyl (C=O) groups excluding carboxylic acids is 2. The predicted octanol–water partition coefficient (Wildman–Crippen LogP) is 3.31. The van der Waals surface area contributed by atoms with Gasteiger partial charge in [-0.2, -0.15) is 31.4 Å². The molecule has 45 heavy (non-hydrogen) atoms. The fraction of sp³-hybridized carbons (Fsp3) is 0.462. The Bertz CT molecular complexity index is 1540. The summed E-state index contributed by atoms with van der Waals surface area (Å²) in [7, 11) is 0. The van der Waals surface area contributed by atoms with Crippen LogP contribution >= 0.6 is 0 Å². The zero-order chi connectivity index (χ0) is 32.6. The van der Waals surface area contributed by atoms with Gasteiger partial charge < -0.3 is 29.5 Å². The molecule has 0 saturated carbocycles. The Morgan fingerprint density at radius 2 is 1.73 bits per heavy atom. The summed E-state index contributed by atoms with van der Waals surface area (Å²) in [4.78, 5) is 29.7. The van der Waals surface area contributed by atoms with E-state index in [2.05, 4.69) is 47.1 Å². The molecule has 0 radical (unpaired) electrons. The maximum atomic E-state index is 13.3. The number of aromatic hydroxyl groups is 1. The molecule has 13 nitrogen and oxygen atoms in total. The molecule has 5 rings (SSSR count). The molecule has 0 bridgehead atoms. The van der Waals surface area contributed by atoms with Crippen LogP contribution in [0.4, 0.5) is 32.3 Å². The van der Waals surface area contributed by atoms with Crippen molar-refractivity contribution < 1.29 is 55.2 Å². The van der Waals surface area contributed by atoms with E-state index in [-0.39, 0.29) is 23.1 Å². The van der Waals surface area contributed by atoms with Crippen LogP contribution in [0.5, 0.6) is 17.2 Å². The summed E-state index contributed by atoms with van der Waals surface area (Å²) in [5.74, 6) is -9.19. The van der Waals surface area contributed by atoms with Crippen molar-refractivity contribution in [2.24, 2.45) is 0 Å². The van der Waals surface area contributed by atoms with Gasteiger partial charge in [-0.3, -0.25) is 5.10 Å². The lowest BCUT2D eigenvalue weighted by Crippen LogP contribution is -2.52. The van der Waals surface area contributed by atoms with Crippen LogP contribution in [-0.2, 0) is 14.3 Å². The minimum atomic E-state index is -5.64. The van der Waals surface area contributed by atoms with E-state index in [1.807, 2.05) is 0 Å². The van der Waals surface area contributed by atoms with Gasteiger partial charge in [-0.1, -0.05) is 0 Å². The molecule has 19 heteroatoms. The molecule has 3 aromatic rings. The first-order valence-corrected chi connectivity index (χ1v) is 13.4. The summed E-state index contributed by atoms with van der Waals surface area (Å²) in [5, 5.41) is 28.3. The summed E-state index contributed by atoms with van der Waals surface area (Å²) in [6.07, 6.45) is -5.79. The molecule has 0 aliphatic carbocycles. The molecule has 0 spiro atoms. The normalized spacial score (nSPS) is 18.6.